The third-order valence-corrected chi connectivity index (χ3v) is 5.09. The van der Waals surface area contributed by atoms with Crippen LogP contribution in [-0.4, -0.2) is 38.8 Å². The highest BCUT2D eigenvalue weighted by molar-refractivity contribution is 5.53. The molecule has 0 N–H and O–H groups in total. The molecule has 20 heavy (non-hydrogen) atoms. The van der Waals surface area contributed by atoms with Crippen LogP contribution in [0.1, 0.15) is 42.7 Å². The lowest BCUT2D eigenvalue weighted by atomic mass is 9.92. The van der Waals surface area contributed by atoms with Crippen molar-refractivity contribution in [2.45, 2.75) is 44.1 Å². The first kappa shape index (κ1) is 13.7. The molecule has 1 aliphatic carbocycles. The molecule has 1 saturated heterocycles. The molecule has 1 aromatic rings. The summed E-state index contributed by atoms with van der Waals surface area (Å²) in [5.41, 5.74) is 2.78. The zero-order chi connectivity index (χ0) is 14.1. The van der Waals surface area contributed by atoms with Crippen LogP contribution in [0.4, 0.5) is 0 Å². The van der Waals surface area contributed by atoms with Gasteiger partial charge in [0.05, 0.1) is 14.2 Å². The van der Waals surface area contributed by atoms with Crippen LogP contribution in [0.5, 0.6) is 11.5 Å². The van der Waals surface area contributed by atoms with Crippen molar-refractivity contribution in [3.8, 4) is 11.5 Å². The van der Waals surface area contributed by atoms with Crippen molar-refractivity contribution >= 4 is 0 Å². The smallest absolute Gasteiger partial charge is 0.122 e. The standard InChI is InChI=1S/C17H25NO2/c1-18-10-4-5-13(18)11-12-6-7-14-15(19-2)8-9-16(20-3)17(12)14/h8-9,12-13H,4-7,10-11H2,1-3H3/t12?,13-/m1/s1. The number of hydrogen-bond acceptors (Lipinski definition) is 3. The van der Waals surface area contributed by atoms with E-state index < -0.39 is 0 Å². The Balaban J connectivity index is 1.88. The Hall–Kier alpha value is -1.22. The fraction of sp³-hybridized carbons (Fsp3) is 0.647. The van der Waals surface area contributed by atoms with Crippen molar-refractivity contribution in [1.29, 1.82) is 0 Å². The molecular formula is C17H25NO2. The van der Waals surface area contributed by atoms with Gasteiger partial charge in [0.1, 0.15) is 11.5 Å². The summed E-state index contributed by atoms with van der Waals surface area (Å²) >= 11 is 0. The highest BCUT2D eigenvalue weighted by atomic mass is 16.5. The van der Waals surface area contributed by atoms with Crippen molar-refractivity contribution in [2.75, 3.05) is 27.8 Å². The lowest BCUT2D eigenvalue weighted by molar-refractivity contribution is 0.279. The third-order valence-electron chi connectivity index (χ3n) is 5.09. The van der Waals surface area contributed by atoms with E-state index in [4.69, 9.17) is 9.47 Å². The van der Waals surface area contributed by atoms with E-state index >= 15 is 0 Å². The average molecular weight is 275 g/mol. The van der Waals surface area contributed by atoms with Gasteiger partial charge in [-0.3, -0.25) is 0 Å². The fourth-order valence-electron chi connectivity index (χ4n) is 4.00. The monoisotopic (exact) mass is 275 g/mol. The summed E-state index contributed by atoms with van der Waals surface area (Å²) in [5, 5.41) is 0. The number of benzene rings is 1. The molecule has 3 heteroatoms. The van der Waals surface area contributed by atoms with Gasteiger partial charge in [0.2, 0.25) is 0 Å². The summed E-state index contributed by atoms with van der Waals surface area (Å²) in [4.78, 5) is 2.52. The molecular weight excluding hydrogens is 250 g/mol. The number of ether oxygens (including phenoxy) is 2. The molecule has 110 valence electrons. The highest BCUT2D eigenvalue weighted by Gasteiger charge is 2.32. The Kier molecular flexibility index (Phi) is 3.88. The number of rotatable bonds is 4. The van der Waals surface area contributed by atoms with Crippen molar-refractivity contribution in [3.05, 3.63) is 23.3 Å². The molecule has 1 aliphatic heterocycles. The first-order chi connectivity index (χ1) is 9.74. The Morgan fingerprint density at radius 2 is 1.90 bits per heavy atom. The van der Waals surface area contributed by atoms with E-state index in [1.54, 1.807) is 14.2 Å². The van der Waals surface area contributed by atoms with Gasteiger partial charge in [-0.05, 0) is 63.7 Å². The minimum Gasteiger partial charge on any atom is -0.496 e. The molecule has 0 amide bonds. The second kappa shape index (κ2) is 5.65. The number of fused-ring (bicyclic) bond motifs is 1. The maximum absolute atomic E-state index is 5.61. The highest BCUT2D eigenvalue weighted by Crippen LogP contribution is 2.46. The average Bonchev–Trinajstić information content (AvgIpc) is 3.06. The molecule has 3 nitrogen and oxygen atoms in total. The van der Waals surface area contributed by atoms with Crippen molar-refractivity contribution in [3.63, 3.8) is 0 Å². The van der Waals surface area contributed by atoms with Crippen LogP contribution >= 0.6 is 0 Å². The number of likely N-dealkylation sites (tertiary alicyclic amines) is 1. The van der Waals surface area contributed by atoms with Crippen LogP contribution in [-0.2, 0) is 6.42 Å². The fourth-order valence-corrected chi connectivity index (χ4v) is 4.00. The third kappa shape index (κ3) is 2.28. The zero-order valence-electron chi connectivity index (χ0n) is 12.8. The largest absolute Gasteiger partial charge is 0.496 e. The van der Waals surface area contributed by atoms with E-state index in [-0.39, 0.29) is 0 Å². The van der Waals surface area contributed by atoms with Crippen molar-refractivity contribution < 1.29 is 9.47 Å². The summed E-state index contributed by atoms with van der Waals surface area (Å²) in [7, 11) is 5.80. The van der Waals surface area contributed by atoms with Crippen molar-refractivity contribution in [1.82, 2.24) is 4.90 Å². The molecule has 3 rings (SSSR count). The minimum atomic E-state index is 0.626. The normalized spacial score (nSPS) is 25.8. The number of nitrogens with zero attached hydrogens (tertiary/aromatic N) is 1. The number of hydrogen-bond donors (Lipinski definition) is 0. The second-order valence-electron chi connectivity index (χ2n) is 6.11. The van der Waals surface area contributed by atoms with Gasteiger partial charge in [0.25, 0.3) is 0 Å². The van der Waals surface area contributed by atoms with Gasteiger partial charge in [-0.1, -0.05) is 0 Å². The van der Waals surface area contributed by atoms with Crippen LogP contribution in [0.15, 0.2) is 12.1 Å². The first-order valence-electron chi connectivity index (χ1n) is 7.68. The molecule has 0 aromatic heterocycles. The summed E-state index contributed by atoms with van der Waals surface area (Å²) < 4.78 is 11.1. The lowest BCUT2D eigenvalue weighted by Gasteiger charge is -2.24. The molecule has 0 spiro atoms. The molecule has 1 aromatic carbocycles. The molecule has 0 radical (unpaired) electrons. The Morgan fingerprint density at radius 1 is 1.15 bits per heavy atom. The summed E-state index contributed by atoms with van der Waals surface area (Å²) in [6.45, 7) is 1.25. The Morgan fingerprint density at radius 3 is 2.55 bits per heavy atom. The van der Waals surface area contributed by atoms with Crippen LogP contribution in [0.3, 0.4) is 0 Å². The zero-order valence-corrected chi connectivity index (χ0v) is 12.8. The van der Waals surface area contributed by atoms with Gasteiger partial charge in [-0.25, -0.2) is 0 Å². The van der Waals surface area contributed by atoms with Crippen molar-refractivity contribution in [2.24, 2.45) is 0 Å². The SMILES string of the molecule is COc1ccc(OC)c2c1CCC2C[C@H]1CCCN1C. The predicted octanol–water partition coefficient (Wildman–Crippen LogP) is 3.22. The maximum Gasteiger partial charge on any atom is 0.122 e. The maximum atomic E-state index is 5.61. The molecule has 1 fully saturated rings. The van der Waals surface area contributed by atoms with Crippen LogP contribution in [0.2, 0.25) is 0 Å². The van der Waals surface area contributed by atoms with Crippen LogP contribution in [0.25, 0.3) is 0 Å². The molecule has 2 aliphatic rings. The molecule has 0 saturated carbocycles. The van der Waals surface area contributed by atoms with E-state index in [2.05, 4.69) is 18.0 Å². The molecule has 1 unspecified atom stereocenters. The van der Waals surface area contributed by atoms with E-state index in [9.17, 15) is 0 Å². The quantitative estimate of drug-likeness (QED) is 0.842. The summed E-state index contributed by atoms with van der Waals surface area (Å²) in [5.74, 6) is 2.70. The molecule has 1 heterocycles. The second-order valence-corrected chi connectivity index (χ2v) is 6.11. The van der Waals surface area contributed by atoms with E-state index in [0.717, 1.165) is 24.0 Å². The van der Waals surface area contributed by atoms with Crippen LogP contribution in [0, 0.1) is 0 Å². The molecule has 0 bridgehead atoms. The molecule has 2 atom stereocenters. The van der Waals surface area contributed by atoms with Gasteiger partial charge in [0, 0.05) is 17.2 Å². The topological polar surface area (TPSA) is 21.7 Å². The number of methoxy groups -OCH3 is 2. The minimum absolute atomic E-state index is 0.626. The lowest BCUT2D eigenvalue weighted by Crippen LogP contribution is -2.26. The van der Waals surface area contributed by atoms with Crippen LogP contribution < -0.4 is 9.47 Å². The van der Waals surface area contributed by atoms with E-state index in [1.807, 2.05) is 6.07 Å². The summed E-state index contributed by atoms with van der Waals surface area (Å²) in [6, 6.07) is 4.85. The van der Waals surface area contributed by atoms with Gasteiger partial charge >= 0.3 is 0 Å². The van der Waals surface area contributed by atoms with E-state index in [1.165, 1.54) is 43.4 Å². The predicted molar refractivity (Wildman–Crippen MR) is 80.9 cm³/mol. The first-order valence-corrected chi connectivity index (χ1v) is 7.68. The Bertz CT molecular complexity index is 486. The van der Waals surface area contributed by atoms with Gasteiger partial charge < -0.3 is 14.4 Å². The summed E-state index contributed by atoms with van der Waals surface area (Å²) in [6.07, 6.45) is 6.30. The van der Waals surface area contributed by atoms with Gasteiger partial charge in [-0.2, -0.15) is 0 Å². The Labute approximate surface area is 121 Å². The van der Waals surface area contributed by atoms with Gasteiger partial charge in [0.15, 0.2) is 0 Å². The van der Waals surface area contributed by atoms with Gasteiger partial charge in [-0.15, -0.1) is 0 Å². The van der Waals surface area contributed by atoms with E-state index in [0.29, 0.717) is 5.92 Å².